The fourth-order valence-corrected chi connectivity index (χ4v) is 4.59. The zero-order valence-electron chi connectivity index (χ0n) is 20.9. The third kappa shape index (κ3) is 5.50. The maximum atomic E-state index is 6.05. The van der Waals surface area contributed by atoms with Crippen LogP contribution in [-0.2, 0) is 6.61 Å². The molecule has 0 aliphatic carbocycles. The largest absolute Gasteiger partial charge is 0.493 e. The van der Waals surface area contributed by atoms with Gasteiger partial charge in [0.05, 0.1) is 13.3 Å². The quantitative estimate of drug-likeness (QED) is 0.322. The number of aromatic nitrogens is 3. The van der Waals surface area contributed by atoms with Gasteiger partial charge in [-0.2, -0.15) is 0 Å². The van der Waals surface area contributed by atoms with Crippen molar-refractivity contribution in [3.8, 4) is 22.8 Å². The molecule has 34 heavy (non-hydrogen) atoms. The maximum absolute atomic E-state index is 6.05. The van der Waals surface area contributed by atoms with E-state index < -0.39 is 0 Å². The summed E-state index contributed by atoms with van der Waals surface area (Å²) in [6, 6.07) is 16.1. The number of ether oxygens (including phenoxy) is 2. The molecule has 0 fully saturated rings. The smallest absolute Gasteiger partial charge is 0.161 e. The molecule has 0 amide bonds. The lowest BCUT2D eigenvalue weighted by Crippen LogP contribution is -2.36. The van der Waals surface area contributed by atoms with Crippen LogP contribution in [0.4, 0.5) is 5.82 Å². The molecule has 2 aromatic heterocycles. The number of benzene rings is 2. The first kappa shape index (κ1) is 23.6. The molecule has 0 unspecified atom stereocenters. The predicted octanol–water partition coefficient (Wildman–Crippen LogP) is 6.61. The third-order valence-electron chi connectivity index (χ3n) is 5.53. The first-order valence-corrected chi connectivity index (χ1v) is 11.6. The number of nitrogens with one attached hydrogen (secondary N) is 1. The Hall–Kier alpha value is -3.54. The second-order valence-corrected chi connectivity index (χ2v) is 10.5. The van der Waals surface area contributed by atoms with Crippen molar-refractivity contribution in [1.29, 1.82) is 0 Å². The Kier molecular flexibility index (Phi) is 6.51. The van der Waals surface area contributed by atoms with E-state index in [2.05, 4.69) is 49.3 Å². The number of imidazole rings is 1. The van der Waals surface area contributed by atoms with Crippen molar-refractivity contribution in [3.63, 3.8) is 0 Å². The van der Waals surface area contributed by atoms with Crippen molar-refractivity contribution in [3.05, 3.63) is 72.7 Å². The third-order valence-corrected chi connectivity index (χ3v) is 5.53. The Morgan fingerprint density at radius 2 is 1.74 bits per heavy atom. The minimum absolute atomic E-state index is 0.144. The van der Waals surface area contributed by atoms with E-state index in [1.807, 2.05) is 54.7 Å². The average Bonchev–Trinajstić information content (AvgIpc) is 3.14. The van der Waals surface area contributed by atoms with Gasteiger partial charge in [-0.25, -0.2) is 4.98 Å². The molecule has 0 bridgehead atoms. The van der Waals surface area contributed by atoms with Crippen LogP contribution in [0, 0.1) is 5.41 Å². The molecule has 4 rings (SSSR count). The maximum Gasteiger partial charge on any atom is 0.161 e. The molecule has 0 saturated heterocycles. The Bertz CT molecular complexity index is 1260. The zero-order valence-corrected chi connectivity index (χ0v) is 20.9. The van der Waals surface area contributed by atoms with E-state index in [0.717, 1.165) is 34.7 Å². The fourth-order valence-electron chi connectivity index (χ4n) is 4.59. The van der Waals surface area contributed by atoms with Gasteiger partial charge in [-0.1, -0.05) is 51.1 Å². The highest BCUT2D eigenvalue weighted by atomic mass is 16.5. The minimum atomic E-state index is -0.144. The molecule has 0 spiro atoms. The summed E-state index contributed by atoms with van der Waals surface area (Å²) in [5.41, 5.74) is 3.72. The van der Waals surface area contributed by atoms with E-state index in [9.17, 15) is 0 Å². The Morgan fingerprint density at radius 3 is 2.44 bits per heavy atom. The average molecular weight is 459 g/mol. The summed E-state index contributed by atoms with van der Waals surface area (Å²) in [5.74, 6) is 2.30. The molecule has 6 heteroatoms. The molecule has 0 aliphatic rings. The van der Waals surface area contributed by atoms with E-state index in [1.165, 1.54) is 0 Å². The van der Waals surface area contributed by atoms with Crippen LogP contribution >= 0.6 is 0 Å². The zero-order chi connectivity index (χ0) is 24.3. The summed E-state index contributed by atoms with van der Waals surface area (Å²) in [6.45, 7) is 11.7. The van der Waals surface area contributed by atoms with E-state index >= 15 is 0 Å². The van der Waals surface area contributed by atoms with E-state index in [4.69, 9.17) is 14.5 Å². The molecule has 178 valence electrons. The van der Waals surface area contributed by atoms with Gasteiger partial charge in [0.1, 0.15) is 18.1 Å². The molecule has 6 nitrogen and oxygen atoms in total. The molecule has 1 N–H and O–H groups in total. The number of nitrogens with zero attached hydrogens (tertiary/aromatic N) is 3. The molecular weight excluding hydrogens is 424 g/mol. The Labute approximate surface area is 202 Å². The van der Waals surface area contributed by atoms with Crippen molar-refractivity contribution in [1.82, 2.24) is 14.4 Å². The van der Waals surface area contributed by atoms with Gasteiger partial charge in [-0.05, 0) is 49.4 Å². The van der Waals surface area contributed by atoms with Gasteiger partial charge >= 0.3 is 0 Å². The number of anilines is 1. The van der Waals surface area contributed by atoms with Crippen LogP contribution in [0.5, 0.6) is 11.5 Å². The first-order chi connectivity index (χ1) is 16.1. The number of hydrogen-bond acceptors (Lipinski definition) is 5. The van der Waals surface area contributed by atoms with Crippen molar-refractivity contribution in [2.75, 3.05) is 12.4 Å². The summed E-state index contributed by atoms with van der Waals surface area (Å²) in [4.78, 5) is 9.17. The molecule has 2 aromatic carbocycles. The van der Waals surface area contributed by atoms with Gasteiger partial charge in [-0.3, -0.25) is 9.38 Å². The van der Waals surface area contributed by atoms with Gasteiger partial charge in [-0.15, -0.1) is 0 Å². The van der Waals surface area contributed by atoms with Crippen LogP contribution in [0.15, 0.2) is 67.1 Å². The number of hydrogen-bond donors (Lipinski definition) is 1. The van der Waals surface area contributed by atoms with Crippen molar-refractivity contribution < 1.29 is 9.47 Å². The molecule has 0 atom stereocenters. The number of rotatable bonds is 8. The normalized spacial score (nSPS) is 12.1. The van der Waals surface area contributed by atoms with E-state index in [-0.39, 0.29) is 11.0 Å². The van der Waals surface area contributed by atoms with Gasteiger partial charge in [0.25, 0.3) is 0 Å². The highest BCUT2D eigenvalue weighted by Gasteiger charge is 2.28. The lowest BCUT2D eigenvalue weighted by molar-refractivity contribution is 0.284. The molecular formula is C28H34N4O2. The summed E-state index contributed by atoms with van der Waals surface area (Å²) < 4.78 is 13.8. The molecule has 0 saturated carbocycles. The Morgan fingerprint density at radius 1 is 0.971 bits per heavy atom. The monoisotopic (exact) mass is 458 g/mol. The predicted molar refractivity (Wildman–Crippen MR) is 138 cm³/mol. The summed E-state index contributed by atoms with van der Waals surface area (Å²) in [6.07, 6.45) is 6.49. The second-order valence-electron chi connectivity index (χ2n) is 10.5. The van der Waals surface area contributed by atoms with Crippen molar-refractivity contribution in [2.24, 2.45) is 5.41 Å². The second kappa shape index (κ2) is 9.37. The van der Waals surface area contributed by atoms with Gasteiger partial charge in [0, 0.05) is 23.5 Å². The van der Waals surface area contributed by atoms with Crippen LogP contribution in [-0.4, -0.2) is 27.0 Å². The van der Waals surface area contributed by atoms with Gasteiger partial charge in [0.15, 0.2) is 17.1 Å². The van der Waals surface area contributed by atoms with Crippen LogP contribution in [0.3, 0.4) is 0 Å². The van der Waals surface area contributed by atoms with Gasteiger partial charge in [0.2, 0.25) is 0 Å². The molecule has 2 heterocycles. The molecule has 4 aromatic rings. The fraction of sp³-hybridized carbons (Fsp3) is 0.357. The molecule has 0 aliphatic heterocycles. The van der Waals surface area contributed by atoms with Crippen LogP contribution < -0.4 is 14.8 Å². The highest BCUT2D eigenvalue weighted by Crippen LogP contribution is 2.38. The lowest BCUT2D eigenvalue weighted by Gasteiger charge is -2.34. The first-order valence-electron chi connectivity index (χ1n) is 11.6. The van der Waals surface area contributed by atoms with E-state index in [0.29, 0.717) is 18.1 Å². The van der Waals surface area contributed by atoms with Crippen molar-refractivity contribution >= 4 is 11.5 Å². The summed E-state index contributed by atoms with van der Waals surface area (Å²) >= 11 is 0. The van der Waals surface area contributed by atoms with E-state index in [1.54, 1.807) is 19.5 Å². The standard InChI is InChI=1S/C28H34N4O2/c1-27(2,3)19-28(4,5)31-26-25(30-24-17-29-14-15-32(24)26)21-12-13-22(23(16-21)33-6)34-18-20-10-8-7-9-11-20/h7-17,31H,18-19H2,1-6H3. The summed E-state index contributed by atoms with van der Waals surface area (Å²) in [5, 5.41) is 3.76. The minimum Gasteiger partial charge on any atom is -0.493 e. The SMILES string of the molecule is COc1cc(-c2nc3cnccn3c2NC(C)(C)CC(C)(C)C)ccc1OCc1ccccc1. The van der Waals surface area contributed by atoms with Crippen LogP contribution in [0.25, 0.3) is 16.9 Å². The van der Waals surface area contributed by atoms with Crippen LogP contribution in [0.1, 0.15) is 46.6 Å². The van der Waals surface area contributed by atoms with Gasteiger partial charge < -0.3 is 14.8 Å². The number of fused-ring (bicyclic) bond motifs is 1. The Balaban J connectivity index is 1.69. The molecule has 0 radical (unpaired) electrons. The van der Waals surface area contributed by atoms with Crippen molar-refractivity contribution in [2.45, 2.75) is 53.2 Å². The van der Waals surface area contributed by atoms with Crippen LogP contribution in [0.2, 0.25) is 0 Å². The topological polar surface area (TPSA) is 60.7 Å². The summed E-state index contributed by atoms with van der Waals surface area (Å²) in [7, 11) is 1.66. The number of methoxy groups -OCH3 is 1. The lowest BCUT2D eigenvalue weighted by atomic mass is 9.82. The highest BCUT2D eigenvalue weighted by molar-refractivity contribution is 5.78.